The standard InChI is InChI=1S/C12H13N3O3S/c1-8-11(15(16)17)12(14(2)13-8)18-9-4-6-10(19-3)7-5-9/h4-7H,1-3H3. The van der Waals surface area contributed by atoms with Gasteiger partial charge in [0.25, 0.3) is 5.88 Å². The summed E-state index contributed by atoms with van der Waals surface area (Å²) in [7, 11) is 1.62. The lowest BCUT2D eigenvalue weighted by molar-refractivity contribution is -0.386. The summed E-state index contributed by atoms with van der Waals surface area (Å²) >= 11 is 1.62. The number of hydrogen-bond acceptors (Lipinski definition) is 5. The van der Waals surface area contributed by atoms with Gasteiger partial charge in [-0.15, -0.1) is 11.8 Å². The Morgan fingerprint density at radius 3 is 2.53 bits per heavy atom. The molecule has 0 unspecified atom stereocenters. The highest BCUT2D eigenvalue weighted by atomic mass is 32.2. The van der Waals surface area contributed by atoms with Crippen LogP contribution >= 0.6 is 11.8 Å². The smallest absolute Gasteiger partial charge is 0.353 e. The molecule has 0 atom stereocenters. The minimum absolute atomic E-state index is 0.101. The number of aryl methyl sites for hydroxylation is 2. The molecular formula is C12H13N3O3S. The molecule has 0 saturated carbocycles. The van der Waals surface area contributed by atoms with E-state index >= 15 is 0 Å². The van der Waals surface area contributed by atoms with Crippen LogP contribution in [-0.2, 0) is 7.05 Å². The highest BCUT2D eigenvalue weighted by molar-refractivity contribution is 7.98. The first-order chi connectivity index (χ1) is 9.02. The maximum Gasteiger partial charge on any atom is 0.353 e. The minimum Gasteiger partial charge on any atom is -0.434 e. The second-order valence-electron chi connectivity index (χ2n) is 3.90. The van der Waals surface area contributed by atoms with Crippen molar-refractivity contribution in [1.82, 2.24) is 9.78 Å². The minimum atomic E-state index is -0.478. The number of hydrogen-bond donors (Lipinski definition) is 0. The zero-order chi connectivity index (χ0) is 14.0. The van der Waals surface area contributed by atoms with Gasteiger partial charge in [0.15, 0.2) is 0 Å². The van der Waals surface area contributed by atoms with Crippen molar-refractivity contribution >= 4 is 17.4 Å². The van der Waals surface area contributed by atoms with Gasteiger partial charge >= 0.3 is 5.69 Å². The number of benzene rings is 1. The molecular weight excluding hydrogens is 266 g/mol. The van der Waals surface area contributed by atoms with Crippen LogP contribution in [0.2, 0.25) is 0 Å². The van der Waals surface area contributed by atoms with Crippen LogP contribution in [-0.4, -0.2) is 21.0 Å². The monoisotopic (exact) mass is 279 g/mol. The summed E-state index contributed by atoms with van der Waals surface area (Å²) in [4.78, 5) is 11.6. The topological polar surface area (TPSA) is 70.2 Å². The highest BCUT2D eigenvalue weighted by Crippen LogP contribution is 2.33. The van der Waals surface area contributed by atoms with E-state index in [1.807, 2.05) is 18.4 Å². The van der Waals surface area contributed by atoms with Crippen molar-refractivity contribution in [3.63, 3.8) is 0 Å². The van der Waals surface area contributed by atoms with Crippen LogP contribution in [0.5, 0.6) is 11.6 Å². The third-order valence-corrected chi connectivity index (χ3v) is 3.34. The molecule has 0 radical (unpaired) electrons. The lowest BCUT2D eigenvalue weighted by Crippen LogP contribution is -1.97. The van der Waals surface area contributed by atoms with E-state index in [0.29, 0.717) is 11.4 Å². The van der Waals surface area contributed by atoms with Gasteiger partial charge in [-0.05, 0) is 37.4 Å². The molecule has 1 aromatic carbocycles. The van der Waals surface area contributed by atoms with Crippen molar-refractivity contribution in [3.05, 3.63) is 40.1 Å². The van der Waals surface area contributed by atoms with Gasteiger partial charge in [0.1, 0.15) is 11.4 Å². The number of rotatable bonds is 4. The van der Waals surface area contributed by atoms with Gasteiger partial charge in [0.2, 0.25) is 0 Å². The predicted octanol–water partition coefficient (Wildman–Crippen LogP) is 3.15. The molecule has 6 nitrogen and oxygen atoms in total. The van der Waals surface area contributed by atoms with Crippen LogP contribution in [0.15, 0.2) is 29.2 Å². The summed E-state index contributed by atoms with van der Waals surface area (Å²) in [6.07, 6.45) is 1.98. The average Bonchev–Trinajstić information content (AvgIpc) is 2.65. The Kier molecular flexibility index (Phi) is 3.75. The predicted molar refractivity (Wildman–Crippen MR) is 72.9 cm³/mol. The molecule has 1 heterocycles. The average molecular weight is 279 g/mol. The first-order valence-corrected chi connectivity index (χ1v) is 6.75. The molecule has 19 heavy (non-hydrogen) atoms. The Morgan fingerprint density at radius 1 is 1.37 bits per heavy atom. The number of ether oxygens (including phenoxy) is 1. The molecule has 0 aliphatic rings. The van der Waals surface area contributed by atoms with E-state index < -0.39 is 4.92 Å². The van der Waals surface area contributed by atoms with Crippen molar-refractivity contribution in [3.8, 4) is 11.6 Å². The molecule has 0 fully saturated rings. The fraction of sp³-hybridized carbons (Fsp3) is 0.250. The summed E-state index contributed by atoms with van der Waals surface area (Å²) in [5.74, 6) is 0.684. The molecule has 0 saturated heterocycles. The summed E-state index contributed by atoms with van der Waals surface area (Å²) < 4.78 is 6.94. The Labute approximate surface area is 114 Å². The third kappa shape index (κ3) is 2.70. The van der Waals surface area contributed by atoms with E-state index in [1.54, 1.807) is 37.9 Å². The first-order valence-electron chi connectivity index (χ1n) is 5.53. The molecule has 2 aromatic rings. The molecule has 1 aromatic heterocycles. The second kappa shape index (κ2) is 5.31. The van der Waals surface area contributed by atoms with Crippen LogP contribution in [0.4, 0.5) is 5.69 Å². The summed E-state index contributed by atoms with van der Waals surface area (Å²) in [6, 6.07) is 7.35. The Morgan fingerprint density at radius 2 is 2.00 bits per heavy atom. The zero-order valence-corrected chi connectivity index (χ0v) is 11.6. The lowest BCUT2D eigenvalue weighted by atomic mass is 10.3. The fourth-order valence-corrected chi connectivity index (χ4v) is 2.11. The molecule has 0 amide bonds. The van der Waals surface area contributed by atoms with Gasteiger partial charge in [0, 0.05) is 11.9 Å². The number of thioether (sulfide) groups is 1. The molecule has 0 bridgehead atoms. The van der Waals surface area contributed by atoms with Crippen LogP contribution in [0.1, 0.15) is 5.69 Å². The van der Waals surface area contributed by atoms with Gasteiger partial charge in [-0.1, -0.05) is 0 Å². The van der Waals surface area contributed by atoms with Crippen LogP contribution in [0, 0.1) is 17.0 Å². The van der Waals surface area contributed by atoms with E-state index in [1.165, 1.54) is 4.68 Å². The number of nitrogens with zero attached hydrogens (tertiary/aromatic N) is 3. The fourth-order valence-electron chi connectivity index (χ4n) is 1.71. The van der Waals surface area contributed by atoms with Gasteiger partial charge in [-0.2, -0.15) is 5.10 Å². The van der Waals surface area contributed by atoms with Gasteiger partial charge in [-0.25, -0.2) is 4.68 Å². The molecule has 7 heteroatoms. The Hall–Kier alpha value is -2.02. The van der Waals surface area contributed by atoms with Crippen molar-refractivity contribution in [2.24, 2.45) is 7.05 Å². The summed E-state index contributed by atoms with van der Waals surface area (Å²) in [5.41, 5.74) is 0.236. The van der Waals surface area contributed by atoms with Gasteiger partial charge in [0.05, 0.1) is 4.92 Å². The summed E-state index contributed by atoms with van der Waals surface area (Å²) in [5, 5.41) is 15.0. The number of aromatic nitrogens is 2. The molecule has 0 N–H and O–H groups in total. The van der Waals surface area contributed by atoms with Crippen molar-refractivity contribution in [2.45, 2.75) is 11.8 Å². The van der Waals surface area contributed by atoms with Crippen LogP contribution < -0.4 is 4.74 Å². The SMILES string of the molecule is CSc1ccc(Oc2c([N+](=O)[O-])c(C)nn2C)cc1. The van der Waals surface area contributed by atoms with E-state index in [-0.39, 0.29) is 11.6 Å². The molecule has 2 rings (SSSR count). The molecule has 0 aliphatic heterocycles. The Balaban J connectivity index is 2.34. The van der Waals surface area contributed by atoms with Crippen molar-refractivity contribution < 1.29 is 9.66 Å². The van der Waals surface area contributed by atoms with Gasteiger partial charge < -0.3 is 4.74 Å². The molecule has 0 aliphatic carbocycles. The van der Waals surface area contributed by atoms with E-state index in [4.69, 9.17) is 4.74 Å². The quantitative estimate of drug-likeness (QED) is 0.488. The second-order valence-corrected chi connectivity index (χ2v) is 4.78. The lowest BCUT2D eigenvalue weighted by Gasteiger charge is -2.05. The van der Waals surface area contributed by atoms with E-state index in [9.17, 15) is 10.1 Å². The maximum absolute atomic E-state index is 11.0. The highest BCUT2D eigenvalue weighted by Gasteiger charge is 2.26. The Bertz CT molecular complexity index is 607. The van der Waals surface area contributed by atoms with E-state index in [0.717, 1.165) is 4.90 Å². The van der Waals surface area contributed by atoms with Crippen LogP contribution in [0.25, 0.3) is 0 Å². The third-order valence-electron chi connectivity index (χ3n) is 2.60. The largest absolute Gasteiger partial charge is 0.434 e. The molecule has 0 spiro atoms. The summed E-state index contributed by atoms with van der Waals surface area (Å²) in [6.45, 7) is 1.59. The van der Waals surface area contributed by atoms with Crippen molar-refractivity contribution in [2.75, 3.05) is 6.26 Å². The normalized spacial score (nSPS) is 10.5. The maximum atomic E-state index is 11.0. The zero-order valence-electron chi connectivity index (χ0n) is 10.8. The van der Waals surface area contributed by atoms with Crippen molar-refractivity contribution in [1.29, 1.82) is 0 Å². The molecule has 100 valence electrons. The number of nitro groups is 1. The van der Waals surface area contributed by atoms with Gasteiger partial charge in [-0.3, -0.25) is 10.1 Å². The first kappa shape index (κ1) is 13.4. The van der Waals surface area contributed by atoms with Crippen LogP contribution in [0.3, 0.4) is 0 Å². The van der Waals surface area contributed by atoms with E-state index in [2.05, 4.69) is 5.10 Å².